The molecular weight excluding hydrogens is 240 g/mol. The molecule has 3 heteroatoms. The Hall–Kier alpha value is -0.570. The van der Waals surface area contributed by atoms with Crippen LogP contribution in [0, 0.1) is 29.6 Å². The van der Waals surface area contributed by atoms with Gasteiger partial charge in [0.25, 0.3) is 0 Å². The van der Waals surface area contributed by atoms with Crippen LogP contribution in [0.4, 0.5) is 0 Å². The number of carbonyl (C=O) groups excluding carboxylic acids is 1. The molecule has 1 unspecified atom stereocenters. The van der Waals surface area contributed by atoms with E-state index >= 15 is 0 Å². The lowest BCUT2D eigenvalue weighted by molar-refractivity contribution is -0.189. The van der Waals surface area contributed by atoms with Gasteiger partial charge in [-0.3, -0.25) is 4.79 Å². The van der Waals surface area contributed by atoms with E-state index in [0.29, 0.717) is 6.10 Å². The quantitative estimate of drug-likeness (QED) is 0.565. The standard InChI is InChI=1S/C16H26O3/c1-3-10(2)16(17)19-9-18-15-13-5-11-4-12(7-13)8-14(15)6-11/h10-15H,3-9H2,1-2H3. The maximum Gasteiger partial charge on any atom is 0.310 e. The first-order chi connectivity index (χ1) is 9.17. The van der Waals surface area contributed by atoms with Gasteiger partial charge in [-0.05, 0) is 62.2 Å². The first-order valence-corrected chi connectivity index (χ1v) is 7.95. The second-order valence-corrected chi connectivity index (χ2v) is 6.95. The average Bonchev–Trinajstić information content (AvgIpc) is 2.39. The molecule has 4 aliphatic rings. The van der Waals surface area contributed by atoms with E-state index in [4.69, 9.17) is 9.47 Å². The summed E-state index contributed by atoms with van der Waals surface area (Å²) in [5.41, 5.74) is 0. The largest absolute Gasteiger partial charge is 0.438 e. The molecule has 0 aliphatic heterocycles. The van der Waals surface area contributed by atoms with E-state index in [9.17, 15) is 4.79 Å². The average molecular weight is 266 g/mol. The minimum atomic E-state index is -0.119. The lowest BCUT2D eigenvalue weighted by atomic mass is 9.55. The molecule has 4 aliphatic carbocycles. The fourth-order valence-electron chi connectivity index (χ4n) is 4.63. The van der Waals surface area contributed by atoms with Gasteiger partial charge in [-0.2, -0.15) is 0 Å². The number of rotatable bonds is 5. The summed E-state index contributed by atoms with van der Waals surface area (Å²) in [5.74, 6) is 3.26. The molecule has 0 aromatic rings. The fourth-order valence-corrected chi connectivity index (χ4v) is 4.63. The van der Waals surface area contributed by atoms with Gasteiger partial charge in [0.15, 0.2) is 6.79 Å². The summed E-state index contributed by atoms with van der Waals surface area (Å²) in [7, 11) is 0. The van der Waals surface area contributed by atoms with Crippen LogP contribution in [0.2, 0.25) is 0 Å². The summed E-state index contributed by atoms with van der Waals surface area (Å²) in [6.07, 6.45) is 8.03. The number of hydrogen-bond donors (Lipinski definition) is 0. The van der Waals surface area contributed by atoms with E-state index in [1.807, 2.05) is 13.8 Å². The highest BCUT2D eigenvalue weighted by Crippen LogP contribution is 2.54. The molecular formula is C16H26O3. The maximum atomic E-state index is 11.6. The highest BCUT2D eigenvalue weighted by molar-refractivity contribution is 5.71. The SMILES string of the molecule is CCC(C)C(=O)OCOC1C2CC3CC(C2)CC1C3. The van der Waals surface area contributed by atoms with Crippen molar-refractivity contribution in [3.8, 4) is 0 Å². The van der Waals surface area contributed by atoms with Crippen molar-refractivity contribution in [2.24, 2.45) is 29.6 Å². The van der Waals surface area contributed by atoms with Crippen molar-refractivity contribution in [1.82, 2.24) is 0 Å². The number of carbonyl (C=O) groups is 1. The molecule has 0 amide bonds. The van der Waals surface area contributed by atoms with Gasteiger partial charge in [-0.25, -0.2) is 0 Å². The van der Waals surface area contributed by atoms with E-state index < -0.39 is 0 Å². The van der Waals surface area contributed by atoms with Gasteiger partial charge < -0.3 is 9.47 Å². The van der Waals surface area contributed by atoms with Gasteiger partial charge in [-0.15, -0.1) is 0 Å². The Morgan fingerprint density at radius 1 is 1.11 bits per heavy atom. The zero-order chi connectivity index (χ0) is 13.4. The Morgan fingerprint density at radius 2 is 1.68 bits per heavy atom. The number of esters is 1. The predicted octanol–water partition coefficient (Wildman–Crippen LogP) is 3.37. The van der Waals surface area contributed by atoms with Gasteiger partial charge in [0, 0.05) is 0 Å². The molecule has 0 radical (unpaired) electrons. The summed E-state index contributed by atoms with van der Waals surface area (Å²) in [6.45, 7) is 4.08. The summed E-state index contributed by atoms with van der Waals surface area (Å²) < 4.78 is 11.2. The zero-order valence-corrected chi connectivity index (χ0v) is 12.1. The Labute approximate surface area is 116 Å². The molecule has 0 aromatic heterocycles. The van der Waals surface area contributed by atoms with Crippen LogP contribution in [0.25, 0.3) is 0 Å². The van der Waals surface area contributed by atoms with E-state index in [1.165, 1.54) is 32.1 Å². The van der Waals surface area contributed by atoms with Crippen LogP contribution in [0.15, 0.2) is 0 Å². The predicted molar refractivity (Wildman–Crippen MR) is 72.3 cm³/mol. The molecule has 4 rings (SSSR count). The molecule has 4 bridgehead atoms. The molecule has 19 heavy (non-hydrogen) atoms. The first-order valence-electron chi connectivity index (χ1n) is 7.95. The highest BCUT2D eigenvalue weighted by Gasteiger charge is 2.48. The molecule has 0 heterocycles. The van der Waals surface area contributed by atoms with Crippen molar-refractivity contribution >= 4 is 5.97 Å². The highest BCUT2D eigenvalue weighted by atomic mass is 16.7. The minimum Gasteiger partial charge on any atom is -0.438 e. The molecule has 0 saturated heterocycles. The smallest absolute Gasteiger partial charge is 0.310 e. The summed E-state index contributed by atoms with van der Waals surface area (Å²) in [6, 6.07) is 0. The topological polar surface area (TPSA) is 35.5 Å². The Balaban J connectivity index is 1.47. The van der Waals surface area contributed by atoms with E-state index in [2.05, 4.69) is 0 Å². The molecule has 108 valence electrons. The minimum absolute atomic E-state index is 0.0119. The molecule has 1 atom stereocenters. The van der Waals surface area contributed by atoms with Gasteiger partial charge >= 0.3 is 5.97 Å². The third-order valence-corrected chi connectivity index (χ3v) is 5.62. The lowest BCUT2D eigenvalue weighted by Crippen LogP contribution is -2.49. The van der Waals surface area contributed by atoms with Crippen LogP contribution >= 0.6 is 0 Å². The normalized spacial score (nSPS) is 41.3. The Kier molecular flexibility index (Phi) is 3.84. The van der Waals surface area contributed by atoms with Crippen LogP contribution < -0.4 is 0 Å². The van der Waals surface area contributed by atoms with E-state index in [-0.39, 0.29) is 18.7 Å². The van der Waals surface area contributed by atoms with Gasteiger partial charge in [0.2, 0.25) is 0 Å². The van der Waals surface area contributed by atoms with Crippen LogP contribution in [0.1, 0.15) is 52.4 Å². The van der Waals surface area contributed by atoms with Gasteiger partial charge in [-0.1, -0.05) is 13.8 Å². The molecule has 4 saturated carbocycles. The second-order valence-electron chi connectivity index (χ2n) is 6.95. The fraction of sp³-hybridized carbons (Fsp3) is 0.938. The van der Waals surface area contributed by atoms with Crippen LogP contribution in [-0.4, -0.2) is 18.9 Å². The van der Waals surface area contributed by atoms with Crippen molar-refractivity contribution in [2.45, 2.75) is 58.5 Å². The Morgan fingerprint density at radius 3 is 2.21 bits per heavy atom. The van der Waals surface area contributed by atoms with Crippen LogP contribution in [-0.2, 0) is 14.3 Å². The van der Waals surface area contributed by atoms with E-state index in [0.717, 1.165) is 30.1 Å². The zero-order valence-electron chi connectivity index (χ0n) is 12.1. The summed E-state index contributed by atoms with van der Waals surface area (Å²) >= 11 is 0. The number of ether oxygens (including phenoxy) is 2. The van der Waals surface area contributed by atoms with Crippen molar-refractivity contribution < 1.29 is 14.3 Å². The molecule has 4 fully saturated rings. The molecule has 0 aromatic carbocycles. The van der Waals surface area contributed by atoms with Crippen molar-refractivity contribution in [1.29, 1.82) is 0 Å². The van der Waals surface area contributed by atoms with Crippen LogP contribution in [0.5, 0.6) is 0 Å². The van der Waals surface area contributed by atoms with Gasteiger partial charge in [0.1, 0.15) is 0 Å². The van der Waals surface area contributed by atoms with Crippen molar-refractivity contribution in [2.75, 3.05) is 6.79 Å². The summed E-state index contributed by atoms with van der Waals surface area (Å²) in [4.78, 5) is 11.6. The molecule has 3 nitrogen and oxygen atoms in total. The third-order valence-electron chi connectivity index (χ3n) is 5.62. The molecule has 0 spiro atoms. The van der Waals surface area contributed by atoms with E-state index in [1.54, 1.807) is 0 Å². The third kappa shape index (κ3) is 2.67. The van der Waals surface area contributed by atoms with Gasteiger partial charge in [0.05, 0.1) is 12.0 Å². The van der Waals surface area contributed by atoms with Crippen LogP contribution in [0.3, 0.4) is 0 Å². The first kappa shape index (κ1) is 13.4. The Bertz CT molecular complexity index is 311. The van der Waals surface area contributed by atoms with Crippen molar-refractivity contribution in [3.63, 3.8) is 0 Å². The maximum absolute atomic E-state index is 11.6. The summed E-state index contributed by atoms with van der Waals surface area (Å²) in [5, 5.41) is 0. The monoisotopic (exact) mass is 266 g/mol. The molecule has 0 N–H and O–H groups in total. The van der Waals surface area contributed by atoms with Crippen molar-refractivity contribution in [3.05, 3.63) is 0 Å². The lowest BCUT2D eigenvalue weighted by Gasteiger charge is -2.53. The second kappa shape index (κ2) is 5.43. The number of hydrogen-bond acceptors (Lipinski definition) is 3.